The maximum Gasteiger partial charge on any atom is 0.243 e. The van der Waals surface area contributed by atoms with E-state index in [0.717, 1.165) is 8.78 Å². The quantitative estimate of drug-likeness (QED) is 0.531. The average Bonchev–Trinajstić information content (AvgIpc) is 2.78. The van der Waals surface area contributed by atoms with Crippen molar-refractivity contribution in [2.75, 3.05) is 51.6 Å². The molecule has 0 bridgehead atoms. The van der Waals surface area contributed by atoms with E-state index in [1.165, 1.54) is 40.7 Å². The van der Waals surface area contributed by atoms with Crippen LogP contribution in [0.1, 0.15) is 6.92 Å². The van der Waals surface area contributed by atoms with E-state index in [4.69, 9.17) is 0 Å². The van der Waals surface area contributed by atoms with Crippen molar-refractivity contribution in [1.29, 1.82) is 0 Å². The molecule has 3 rings (SSSR count). The molecule has 0 aliphatic carbocycles. The van der Waals surface area contributed by atoms with Gasteiger partial charge >= 0.3 is 0 Å². The molecule has 1 aliphatic heterocycles. The number of carbonyl (C=O) groups excluding carboxylic acids is 1. The molecule has 0 saturated carbocycles. The number of piperazine rings is 1. The molecule has 33 heavy (non-hydrogen) atoms. The van der Waals surface area contributed by atoms with Crippen LogP contribution in [0, 0.1) is 0 Å². The number of rotatable bonds is 8. The van der Waals surface area contributed by atoms with Crippen molar-refractivity contribution in [2.45, 2.75) is 16.7 Å². The number of amides is 1. The third-order valence-corrected chi connectivity index (χ3v) is 9.74. The van der Waals surface area contributed by atoms with Gasteiger partial charge in [0.15, 0.2) is 0 Å². The molecule has 9 nitrogen and oxygen atoms in total. The van der Waals surface area contributed by atoms with Crippen LogP contribution in [0.25, 0.3) is 0 Å². The highest BCUT2D eigenvalue weighted by atomic mass is 79.9. The van der Waals surface area contributed by atoms with E-state index in [-0.39, 0.29) is 22.9 Å². The average molecular weight is 560 g/mol. The van der Waals surface area contributed by atoms with E-state index in [2.05, 4.69) is 26.1 Å². The van der Waals surface area contributed by atoms with Gasteiger partial charge in [0.1, 0.15) is 0 Å². The molecule has 0 unspecified atom stereocenters. The first-order chi connectivity index (χ1) is 15.5. The van der Waals surface area contributed by atoms with Crippen LogP contribution in [0.3, 0.4) is 0 Å². The zero-order valence-corrected chi connectivity index (χ0v) is 21.7. The highest BCUT2D eigenvalue weighted by Crippen LogP contribution is 2.21. The Balaban J connectivity index is 1.66. The van der Waals surface area contributed by atoms with E-state index in [9.17, 15) is 21.6 Å². The summed E-state index contributed by atoms with van der Waals surface area (Å²) in [5.74, 6) is -0.521. The Labute approximate surface area is 203 Å². The lowest BCUT2D eigenvalue weighted by molar-refractivity contribution is -0.116. The van der Waals surface area contributed by atoms with Crippen LogP contribution in [-0.2, 0) is 24.8 Å². The number of hydrogen-bond donors (Lipinski definition) is 1. The first-order valence-electron chi connectivity index (χ1n) is 10.4. The number of likely N-dealkylation sites (N-methyl/N-ethyl adjacent to an activating group) is 2. The van der Waals surface area contributed by atoms with Crippen molar-refractivity contribution in [2.24, 2.45) is 0 Å². The van der Waals surface area contributed by atoms with E-state index in [0.29, 0.717) is 31.9 Å². The molecule has 0 atom stereocenters. The number of carbonyl (C=O) groups is 1. The summed E-state index contributed by atoms with van der Waals surface area (Å²) in [6, 6.07) is 12.1. The predicted octanol–water partition coefficient (Wildman–Crippen LogP) is 2.03. The van der Waals surface area contributed by atoms with Crippen molar-refractivity contribution in [3.05, 3.63) is 53.0 Å². The molecule has 0 spiro atoms. The van der Waals surface area contributed by atoms with Gasteiger partial charge in [0, 0.05) is 42.9 Å². The first kappa shape index (κ1) is 25.8. The molecule has 1 aliphatic rings. The van der Waals surface area contributed by atoms with Crippen LogP contribution in [0.15, 0.2) is 62.8 Å². The van der Waals surface area contributed by atoms with Crippen LogP contribution in [0.2, 0.25) is 0 Å². The third-order valence-electron chi connectivity index (χ3n) is 5.36. The van der Waals surface area contributed by atoms with E-state index >= 15 is 0 Å². The maximum atomic E-state index is 12.8. The number of sulfonamides is 2. The van der Waals surface area contributed by atoms with Gasteiger partial charge < -0.3 is 10.2 Å². The molecule has 2 aromatic carbocycles. The highest BCUT2D eigenvalue weighted by Gasteiger charge is 2.28. The molecule has 12 heteroatoms. The summed E-state index contributed by atoms with van der Waals surface area (Å²) in [5, 5.41) is 2.64. The van der Waals surface area contributed by atoms with Crippen LogP contribution in [0.4, 0.5) is 5.69 Å². The lowest BCUT2D eigenvalue weighted by Gasteiger charge is -2.31. The summed E-state index contributed by atoms with van der Waals surface area (Å²) >= 11 is 3.27. The van der Waals surface area contributed by atoms with Crippen molar-refractivity contribution in [3.8, 4) is 0 Å². The fourth-order valence-electron chi connectivity index (χ4n) is 3.37. The number of halogens is 1. The summed E-state index contributed by atoms with van der Waals surface area (Å²) in [4.78, 5) is 14.8. The third kappa shape index (κ3) is 6.19. The summed E-state index contributed by atoms with van der Waals surface area (Å²) in [5.41, 5.74) is 0.384. The molecular weight excluding hydrogens is 532 g/mol. The number of benzene rings is 2. The van der Waals surface area contributed by atoms with Gasteiger partial charge in [-0.05, 0) is 55.6 Å². The van der Waals surface area contributed by atoms with Gasteiger partial charge in [-0.25, -0.2) is 16.8 Å². The Bertz CT molecular complexity index is 1180. The zero-order chi connectivity index (χ0) is 24.2. The first-order valence-corrected chi connectivity index (χ1v) is 14.1. The second kappa shape index (κ2) is 10.6. The second-order valence-corrected chi connectivity index (χ2v) is 12.5. The summed E-state index contributed by atoms with van der Waals surface area (Å²) < 4.78 is 54.6. The Morgan fingerprint density at radius 1 is 0.939 bits per heavy atom. The number of nitrogens with one attached hydrogen (secondary N) is 1. The summed E-state index contributed by atoms with van der Waals surface area (Å²) in [6.07, 6.45) is 0. The second-order valence-electron chi connectivity index (χ2n) is 7.67. The van der Waals surface area contributed by atoms with E-state index in [1.807, 2.05) is 7.05 Å². The van der Waals surface area contributed by atoms with Gasteiger partial charge in [-0.2, -0.15) is 8.61 Å². The molecule has 0 radical (unpaired) electrons. The minimum Gasteiger partial charge on any atom is -0.325 e. The summed E-state index contributed by atoms with van der Waals surface area (Å²) in [6.45, 7) is 3.61. The fourth-order valence-corrected chi connectivity index (χ4v) is 6.46. The maximum absolute atomic E-state index is 12.8. The minimum absolute atomic E-state index is 0.0961. The monoisotopic (exact) mass is 558 g/mol. The van der Waals surface area contributed by atoms with Gasteiger partial charge in [-0.15, -0.1) is 0 Å². The van der Waals surface area contributed by atoms with Gasteiger partial charge in [0.05, 0.1) is 16.3 Å². The van der Waals surface area contributed by atoms with E-state index in [1.54, 1.807) is 19.1 Å². The topological polar surface area (TPSA) is 107 Å². The van der Waals surface area contributed by atoms with Crippen LogP contribution < -0.4 is 5.32 Å². The predicted molar refractivity (Wildman–Crippen MR) is 130 cm³/mol. The minimum atomic E-state index is -3.83. The molecule has 0 aromatic heterocycles. The number of nitrogens with zero attached hydrogens (tertiary/aromatic N) is 3. The lowest BCUT2D eigenvalue weighted by atomic mass is 10.3. The largest absolute Gasteiger partial charge is 0.325 e. The van der Waals surface area contributed by atoms with Crippen molar-refractivity contribution < 1.29 is 21.6 Å². The molecule has 1 fully saturated rings. The number of anilines is 1. The van der Waals surface area contributed by atoms with E-state index < -0.39 is 26.0 Å². The smallest absolute Gasteiger partial charge is 0.243 e. The van der Waals surface area contributed by atoms with Gasteiger partial charge in [0.25, 0.3) is 0 Å². The molecule has 1 saturated heterocycles. The molecule has 1 heterocycles. The van der Waals surface area contributed by atoms with Crippen molar-refractivity contribution in [1.82, 2.24) is 13.5 Å². The Kier molecular flexibility index (Phi) is 8.30. The van der Waals surface area contributed by atoms with Crippen molar-refractivity contribution in [3.63, 3.8) is 0 Å². The van der Waals surface area contributed by atoms with Crippen LogP contribution in [-0.4, -0.2) is 82.6 Å². The standard InChI is InChI=1S/C21H27BrN4O5S2/c1-3-25(32(28,29)19-8-4-17(22)5-9-19)16-21(27)23-18-6-10-20(11-7-18)33(30,31)26-14-12-24(2)13-15-26/h4-11H,3,12-16H2,1-2H3,(H,23,27). The number of hydrogen-bond acceptors (Lipinski definition) is 6. The van der Waals surface area contributed by atoms with Crippen molar-refractivity contribution >= 4 is 47.6 Å². The van der Waals surface area contributed by atoms with Crippen LogP contribution >= 0.6 is 15.9 Å². The Morgan fingerprint density at radius 2 is 1.48 bits per heavy atom. The summed E-state index contributed by atoms with van der Waals surface area (Å²) in [7, 11) is -5.49. The Morgan fingerprint density at radius 3 is 2.03 bits per heavy atom. The molecule has 1 amide bonds. The van der Waals surface area contributed by atoms with Crippen LogP contribution in [0.5, 0.6) is 0 Å². The highest BCUT2D eigenvalue weighted by molar-refractivity contribution is 9.10. The lowest BCUT2D eigenvalue weighted by Crippen LogP contribution is -2.46. The molecular formula is C21H27BrN4O5S2. The zero-order valence-electron chi connectivity index (χ0n) is 18.4. The van der Waals surface area contributed by atoms with Gasteiger partial charge in [-0.1, -0.05) is 22.9 Å². The normalized spacial score (nSPS) is 16.1. The van der Waals surface area contributed by atoms with Gasteiger partial charge in [0.2, 0.25) is 26.0 Å². The SMILES string of the molecule is CCN(CC(=O)Nc1ccc(S(=O)(=O)N2CCN(C)CC2)cc1)S(=O)(=O)c1ccc(Br)cc1. The molecule has 1 N–H and O–H groups in total. The molecule has 2 aromatic rings. The Hall–Kier alpha value is -1.83. The van der Waals surface area contributed by atoms with Gasteiger partial charge in [-0.3, -0.25) is 4.79 Å². The molecule has 180 valence electrons. The fraction of sp³-hybridized carbons (Fsp3) is 0.381.